The molecule has 1 N–H and O–H groups in total. The molecule has 0 aliphatic heterocycles. The van der Waals surface area contributed by atoms with E-state index in [1.807, 2.05) is 58.9 Å². The first kappa shape index (κ1) is 22.9. The van der Waals surface area contributed by atoms with Crippen molar-refractivity contribution in [3.05, 3.63) is 64.2 Å². The van der Waals surface area contributed by atoms with Crippen LogP contribution >= 0.6 is 0 Å². The summed E-state index contributed by atoms with van der Waals surface area (Å²) in [6, 6.07) is 10.5. The molecule has 0 fully saturated rings. The highest BCUT2D eigenvalue weighted by Gasteiger charge is 2.30. The van der Waals surface area contributed by atoms with Gasteiger partial charge in [-0.3, -0.25) is 9.10 Å². The fourth-order valence-corrected chi connectivity index (χ4v) is 4.75. The summed E-state index contributed by atoms with van der Waals surface area (Å²) in [6.45, 7) is 11.6. The van der Waals surface area contributed by atoms with Crippen LogP contribution < -0.4 is 9.62 Å². The van der Waals surface area contributed by atoms with Gasteiger partial charge >= 0.3 is 0 Å². The van der Waals surface area contributed by atoms with E-state index in [9.17, 15) is 13.2 Å². The normalized spacial score (nSPS) is 13.6. The van der Waals surface area contributed by atoms with Crippen LogP contribution in [0.4, 0.5) is 5.69 Å². The van der Waals surface area contributed by atoms with Crippen molar-refractivity contribution in [2.24, 2.45) is 0 Å². The van der Waals surface area contributed by atoms with E-state index in [4.69, 9.17) is 0 Å². The van der Waals surface area contributed by atoms with Crippen LogP contribution in [0.5, 0.6) is 0 Å². The maximum absolute atomic E-state index is 13.1. The van der Waals surface area contributed by atoms with Crippen molar-refractivity contribution >= 4 is 21.6 Å². The monoisotopic (exact) mass is 416 g/mol. The molecule has 29 heavy (non-hydrogen) atoms. The number of hydrogen-bond donors (Lipinski definition) is 1. The average molecular weight is 417 g/mol. The number of rotatable bonds is 7. The molecule has 0 radical (unpaired) electrons. The molecule has 0 saturated carbocycles. The lowest BCUT2D eigenvalue weighted by molar-refractivity contribution is -0.122. The van der Waals surface area contributed by atoms with Crippen molar-refractivity contribution in [1.29, 1.82) is 0 Å². The van der Waals surface area contributed by atoms with Crippen molar-refractivity contribution in [2.45, 2.75) is 60.0 Å². The summed E-state index contributed by atoms with van der Waals surface area (Å²) >= 11 is 0. The van der Waals surface area contributed by atoms with Crippen LogP contribution in [0.15, 0.2) is 36.4 Å². The quantitative estimate of drug-likeness (QED) is 0.730. The first-order valence-electron chi connectivity index (χ1n) is 9.89. The topological polar surface area (TPSA) is 66.5 Å². The van der Waals surface area contributed by atoms with Crippen molar-refractivity contribution < 1.29 is 13.2 Å². The van der Waals surface area contributed by atoms with Crippen LogP contribution in [-0.2, 0) is 14.8 Å². The van der Waals surface area contributed by atoms with Gasteiger partial charge < -0.3 is 5.32 Å². The minimum Gasteiger partial charge on any atom is -0.347 e. The first-order valence-corrected chi connectivity index (χ1v) is 11.7. The van der Waals surface area contributed by atoms with Crippen molar-refractivity contribution in [2.75, 3.05) is 10.6 Å². The molecule has 6 heteroatoms. The van der Waals surface area contributed by atoms with E-state index < -0.39 is 16.1 Å². The number of benzene rings is 2. The van der Waals surface area contributed by atoms with E-state index in [0.717, 1.165) is 28.5 Å². The van der Waals surface area contributed by atoms with Gasteiger partial charge in [0.15, 0.2) is 0 Å². The molecule has 0 aliphatic carbocycles. The highest BCUT2D eigenvalue weighted by atomic mass is 32.2. The van der Waals surface area contributed by atoms with E-state index in [1.54, 1.807) is 13.0 Å². The Kier molecular flexibility index (Phi) is 7.11. The molecule has 2 atom stereocenters. The van der Waals surface area contributed by atoms with Gasteiger partial charge in [-0.05, 0) is 75.4 Å². The maximum Gasteiger partial charge on any atom is 0.244 e. The fourth-order valence-electron chi connectivity index (χ4n) is 3.58. The van der Waals surface area contributed by atoms with Gasteiger partial charge in [-0.2, -0.15) is 0 Å². The molecule has 0 unspecified atom stereocenters. The van der Waals surface area contributed by atoms with Crippen LogP contribution in [0, 0.1) is 27.7 Å². The Balaban J connectivity index is 2.34. The molecular weight excluding hydrogens is 384 g/mol. The SMILES string of the molecule is CC[C@H](NC(=O)[C@@H](C)N(c1ccc(C)c(C)c1)S(C)(=O)=O)c1ccc(C)cc1C. The predicted molar refractivity (Wildman–Crippen MR) is 120 cm³/mol. The van der Waals surface area contributed by atoms with Gasteiger partial charge in [0.2, 0.25) is 15.9 Å². The summed E-state index contributed by atoms with van der Waals surface area (Å²) in [6.07, 6.45) is 1.85. The van der Waals surface area contributed by atoms with Crippen LogP contribution in [-0.4, -0.2) is 26.6 Å². The molecule has 2 aromatic carbocycles. The van der Waals surface area contributed by atoms with Gasteiger partial charge in [0, 0.05) is 0 Å². The molecule has 0 heterocycles. The number of amides is 1. The number of carbonyl (C=O) groups excluding carboxylic acids is 1. The van der Waals surface area contributed by atoms with Gasteiger partial charge in [-0.1, -0.05) is 36.8 Å². The molecule has 5 nitrogen and oxygen atoms in total. The molecule has 2 rings (SSSR count). The lowest BCUT2D eigenvalue weighted by Crippen LogP contribution is -2.48. The Labute approximate surface area is 175 Å². The number of nitrogens with zero attached hydrogens (tertiary/aromatic N) is 1. The van der Waals surface area contributed by atoms with Crippen molar-refractivity contribution in [1.82, 2.24) is 5.32 Å². The number of nitrogens with one attached hydrogen (secondary N) is 1. The Morgan fingerprint density at radius 2 is 1.66 bits per heavy atom. The second-order valence-electron chi connectivity index (χ2n) is 7.83. The largest absolute Gasteiger partial charge is 0.347 e. The maximum atomic E-state index is 13.1. The number of hydrogen-bond acceptors (Lipinski definition) is 3. The van der Waals surface area contributed by atoms with Crippen molar-refractivity contribution in [3.63, 3.8) is 0 Å². The minimum absolute atomic E-state index is 0.174. The Hall–Kier alpha value is -2.34. The second-order valence-corrected chi connectivity index (χ2v) is 9.69. The third-order valence-electron chi connectivity index (χ3n) is 5.36. The van der Waals surface area contributed by atoms with Gasteiger partial charge in [0.05, 0.1) is 18.0 Å². The lowest BCUT2D eigenvalue weighted by Gasteiger charge is -2.30. The molecular formula is C23H32N2O3S. The zero-order valence-corrected chi connectivity index (χ0v) is 19.2. The third-order valence-corrected chi connectivity index (χ3v) is 6.60. The van der Waals surface area contributed by atoms with E-state index in [-0.39, 0.29) is 11.9 Å². The van der Waals surface area contributed by atoms with Gasteiger partial charge in [0.1, 0.15) is 6.04 Å². The summed E-state index contributed by atoms with van der Waals surface area (Å²) in [5.74, 6) is -0.319. The summed E-state index contributed by atoms with van der Waals surface area (Å²) in [5, 5.41) is 3.05. The van der Waals surface area contributed by atoms with Gasteiger partial charge in [-0.15, -0.1) is 0 Å². The smallest absolute Gasteiger partial charge is 0.244 e. The van der Waals surface area contributed by atoms with E-state index in [0.29, 0.717) is 12.1 Å². The Morgan fingerprint density at radius 3 is 2.17 bits per heavy atom. The highest BCUT2D eigenvalue weighted by Crippen LogP contribution is 2.26. The minimum atomic E-state index is -3.64. The van der Waals surface area contributed by atoms with Gasteiger partial charge in [0.25, 0.3) is 0 Å². The molecule has 1 amide bonds. The average Bonchev–Trinajstić information content (AvgIpc) is 2.62. The van der Waals surface area contributed by atoms with E-state index in [1.165, 1.54) is 9.87 Å². The fraction of sp³-hybridized carbons (Fsp3) is 0.435. The number of aryl methyl sites for hydroxylation is 4. The Bertz CT molecular complexity index is 999. The molecule has 0 spiro atoms. The number of carbonyl (C=O) groups is 1. The standard InChI is InChI=1S/C23H32N2O3S/c1-8-22(21-12-9-15(2)13-18(21)5)24-23(26)19(6)25(29(7,27)28)20-11-10-16(3)17(4)14-20/h9-14,19,22H,8H2,1-7H3,(H,24,26)/t19-,22+/m1/s1. The zero-order chi connectivity index (χ0) is 21.9. The molecule has 2 aromatic rings. The van der Waals surface area contributed by atoms with Crippen LogP contribution in [0.2, 0.25) is 0 Å². The summed E-state index contributed by atoms with van der Waals surface area (Å²) in [7, 11) is -3.64. The highest BCUT2D eigenvalue weighted by molar-refractivity contribution is 7.92. The molecule has 158 valence electrons. The zero-order valence-electron chi connectivity index (χ0n) is 18.4. The van der Waals surface area contributed by atoms with Crippen LogP contribution in [0.25, 0.3) is 0 Å². The lowest BCUT2D eigenvalue weighted by atomic mass is 9.97. The van der Waals surface area contributed by atoms with E-state index >= 15 is 0 Å². The molecule has 0 bridgehead atoms. The first-order chi connectivity index (χ1) is 13.5. The number of sulfonamides is 1. The molecule has 0 aliphatic rings. The van der Waals surface area contributed by atoms with Gasteiger partial charge in [-0.25, -0.2) is 8.42 Å². The summed E-state index contributed by atoms with van der Waals surface area (Å²) in [4.78, 5) is 13.1. The summed E-state index contributed by atoms with van der Waals surface area (Å²) < 4.78 is 26.3. The molecule has 0 aromatic heterocycles. The molecule has 0 saturated heterocycles. The number of anilines is 1. The van der Waals surface area contributed by atoms with Crippen molar-refractivity contribution in [3.8, 4) is 0 Å². The second kappa shape index (κ2) is 8.99. The summed E-state index contributed by atoms with van der Waals surface area (Å²) in [5.41, 5.74) is 5.87. The predicted octanol–water partition coefficient (Wildman–Crippen LogP) is 4.34. The Morgan fingerprint density at radius 1 is 1.00 bits per heavy atom. The van der Waals surface area contributed by atoms with Crippen LogP contribution in [0.1, 0.15) is 54.1 Å². The third kappa shape index (κ3) is 5.38. The van der Waals surface area contributed by atoms with E-state index in [2.05, 4.69) is 11.4 Å². The van der Waals surface area contributed by atoms with Crippen LogP contribution in [0.3, 0.4) is 0 Å².